The van der Waals surface area contributed by atoms with Crippen molar-refractivity contribution in [3.05, 3.63) is 48.0 Å². The lowest BCUT2D eigenvalue weighted by molar-refractivity contribution is -0.133. The third kappa shape index (κ3) is 2.21. The lowest BCUT2D eigenvalue weighted by Crippen LogP contribution is -1.94. The molecule has 0 amide bonds. The zero-order valence-electron chi connectivity index (χ0n) is 8.86. The van der Waals surface area contributed by atoms with Crippen molar-refractivity contribution in [2.45, 2.75) is 0 Å². The first-order valence-electron chi connectivity index (χ1n) is 4.88. The van der Waals surface area contributed by atoms with E-state index in [0.29, 0.717) is 0 Å². The number of fused-ring (bicyclic) bond motifs is 1. The van der Waals surface area contributed by atoms with Gasteiger partial charge >= 0.3 is 5.97 Å². The minimum atomic E-state index is -0.520. The summed E-state index contributed by atoms with van der Waals surface area (Å²) in [7, 11) is 1.32. The van der Waals surface area contributed by atoms with Gasteiger partial charge in [-0.05, 0) is 22.9 Å². The van der Waals surface area contributed by atoms with Gasteiger partial charge in [-0.2, -0.15) is 0 Å². The number of hydrogen-bond donors (Lipinski definition) is 0. The summed E-state index contributed by atoms with van der Waals surface area (Å²) in [6.07, 6.45) is 0. The summed E-state index contributed by atoms with van der Waals surface area (Å²) < 4.78 is 4.45. The Kier molecular flexibility index (Phi) is 2.88. The summed E-state index contributed by atoms with van der Waals surface area (Å²) >= 11 is 0. The van der Waals surface area contributed by atoms with E-state index in [1.165, 1.54) is 7.11 Å². The largest absolute Gasteiger partial charge is 0.459 e. The molecule has 0 aliphatic heterocycles. The van der Waals surface area contributed by atoms with E-state index in [1.807, 2.05) is 42.5 Å². The quantitative estimate of drug-likeness (QED) is 0.493. The Morgan fingerprint density at radius 3 is 2.62 bits per heavy atom. The van der Waals surface area contributed by atoms with Crippen LogP contribution in [0.1, 0.15) is 5.56 Å². The second-order valence-electron chi connectivity index (χ2n) is 3.30. The molecule has 0 N–H and O–H groups in total. The fraction of sp³-hybridized carbons (Fsp3) is 0.0714. The maximum Gasteiger partial charge on any atom is 0.384 e. The Balaban J connectivity index is 2.39. The normalized spacial score (nSPS) is 9.31. The fourth-order valence-corrected chi connectivity index (χ4v) is 1.44. The summed E-state index contributed by atoms with van der Waals surface area (Å²) in [5.41, 5.74) is 0.809. The highest BCUT2D eigenvalue weighted by Gasteiger charge is 1.94. The predicted molar refractivity (Wildman–Crippen MR) is 62.8 cm³/mol. The van der Waals surface area contributed by atoms with Crippen LogP contribution in [-0.2, 0) is 9.53 Å². The van der Waals surface area contributed by atoms with Crippen molar-refractivity contribution >= 4 is 16.7 Å². The Labute approximate surface area is 93.8 Å². The molecule has 78 valence electrons. The molecule has 16 heavy (non-hydrogen) atoms. The van der Waals surface area contributed by atoms with E-state index in [1.54, 1.807) is 0 Å². The van der Waals surface area contributed by atoms with E-state index in [0.717, 1.165) is 16.3 Å². The summed E-state index contributed by atoms with van der Waals surface area (Å²) in [5.74, 6) is 4.64. The van der Waals surface area contributed by atoms with Gasteiger partial charge in [0.2, 0.25) is 0 Å². The maximum atomic E-state index is 10.9. The van der Waals surface area contributed by atoms with Crippen LogP contribution < -0.4 is 0 Å². The van der Waals surface area contributed by atoms with Crippen LogP contribution in [0.3, 0.4) is 0 Å². The van der Waals surface area contributed by atoms with E-state index >= 15 is 0 Å². The molecule has 0 radical (unpaired) electrons. The summed E-state index contributed by atoms with van der Waals surface area (Å²) in [5, 5.41) is 2.27. The third-order valence-corrected chi connectivity index (χ3v) is 2.24. The van der Waals surface area contributed by atoms with Gasteiger partial charge in [0, 0.05) is 11.5 Å². The first-order chi connectivity index (χ1) is 7.79. The van der Waals surface area contributed by atoms with Crippen molar-refractivity contribution in [1.29, 1.82) is 0 Å². The lowest BCUT2D eigenvalue weighted by atomic mass is 10.1. The number of rotatable bonds is 0. The van der Waals surface area contributed by atoms with E-state index in [9.17, 15) is 4.79 Å². The second-order valence-corrected chi connectivity index (χ2v) is 3.30. The molecule has 2 heteroatoms. The Bertz CT molecular complexity index is 588. The van der Waals surface area contributed by atoms with E-state index < -0.39 is 5.97 Å². The average molecular weight is 210 g/mol. The van der Waals surface area contributed by atoms with Crippen molar-refractivity contribution in [2.24, 2.45) is 0 Å². The van der Waals surface area contributed by atoms with Crippen LogP contribution in [0.4, 0.5) is 0 Å². The third-order valence-electron chi connectivity index (χ3n) is 2.24. The average Bonchev–Trinajstić information content (AvgIpc) is 2.35. The maximum absolute atomic E-state index is 10.9. The van der Waals surface area contributed by atoms with E-state index in [2.05, 4.69) is 16.6 Å². The summed E-state index contributed by atoms with van der Waals surface area (Å²) in [4.78, 5) is 10.9. The van der Waals surface area contributed by atoms with Crippen molar-refractivity contribution in [2.75, 3.05) is 7.11 Å². The first-order valence-corrected chi connectivity index (χ1v) is 4.88. The molecule has 0 unspecified atom stereocenters. The fourth-order valence-electron chi connectivity index (χ4n) is 1.44. The van der Waals surface area contributed by atoms with Gasteiger partial charge in [0.25, 0.3) is 0 Å². The van der Waals surface area contributed by atoms with Gasteiger partial charge in [0.1, 0.15) is 0 Å². The second kappa shape index (κ2) is 4.50. The van der Waals surface area contributed by atoms with Gasteiger partial charge in [-0.15, -0.1) is 0 Å². The topological polar surface area (TPSA) is 26.3 Å². The highest BCUT2D eigenvalue weighted by atomic mass is 16.5. The van der Waals surface area contributed by atoms with Crippen molar-refractivity contribution in [3.63, 3.8) is 0 Å². The molecule has 0 aromatic heterocycles. The molecule has 0 heterocycles. The number of methoxy groups -OCH3 is 1. The van der Waals surface area contributed by atoms with Crippen molar-refractivity contribution in [3.8, 4) is 11.8 Å². The van der Waals surface area contributed by atoms with Crippen LogP contribution >= 0.6 is 0 Å². The van der Waals surface area contributed by atoms with Crippen LogP contribution in [-0.4, -0.2) is 13.1 Å². The number of hydrogen-bond acceptors (Lipinski definition) is 2. The highest BCUT2D eigenvalue weighted by molar-refractivity contribution is 5.89. The first kappa shape index (κ1) is 10.3. The molecule has 0 aliphatic carbocycles. The van der Waals surface area contributed by atoms with Crippen LogP contribution in [0.25, 0.3) is 10.8 Å². The zero-order valence-corrected chi connectivity index (χ0v) is 8.86. The smallest absolute Gasteiger partial charge is 0.384 e. The molecule has 0 atom stereocenters. The molecule has 2 rings (SSSR count). The molecule has 0 saturated carbocycles. The molecule has 2 nitrogen and oxygen atoms in total. The van der Waals surface area contributed by atoms with Gasteiger partial charge in [0.05, 0.1) is 7.11 Å². The predicted octanol–water partition coefficient (Wildman–Crippen LogP) is 2.36. The molecular formula is C14H10O2. The van der Waals surface area contributed by atoms with E-state index in [-0.39, 0.29) is 0 Å². The van der Waals surface area contributed by atoms with Crippen LogP contribution in [0.5, 0.6) is 0 Å². The van der Waals surface area contributed by atoms with Crippen LogP contribution in [0.2, 0.25) is 0 Å². The highest BCUT2D eigenvalue weighted by Crippen LogP contribution is 2.14. The minimum Gasteiger partial charge on any atom is -0.459 e. The van der Waals surface area contributed by atoms with E-state index in [4.69, 9.17) is 0 Å². The minimum absolute atomic E-state index is 0.520. The van der Waals surface area contributed by atoms with Crippen LogP contribution in [0, 0.1) is 11.8 Å². The SMILES string of the molecule is COC(=O)C#Cc1ccc2ccccc2c1. The number of ether oxygens (including phenoxy) is 1. The van der Waals surface area contributed by atoms with Crippen LogP contribution in [0.15, 0.2) is 42.5 Å². The van der Waals surface area contributed by atoms with Gasteiger partial charge in [-0.3, -0.25) is 0 Å². The molecule has 0 aliphatic rings. The molecule has 2 aromatic rings. The molecule has 2 aromatic carbocycles. The van der Waals surface area contributed by atoms with Gasteiger partial charge in [-0.25, -0.2) is 4.79 Å². The lowest BCUT2D eigenvalue weighted by Gasteiger charge is -1.97. The molecule has 0 bridgehead atoms. The van der Waals surface area contributed by atoms with Gasteiger partial charge in [-0.1, -0.05) is 36.3 Å². The Hall–Kier alpha value is -2.27. The molecule has 0 fully saturated rings. The molecular weight excluding hydrogens is 200 g/mol. The van der Waals surface area contributed by atoms with Crippen molar-refractivity contribution in [1.82, 2.24) is 0 Å². The Morgan fingerprint density at radius 2 is 1.88 bits per heavy atom. The summed E-state index contributed by atoms with van der Waals surface area (Å²) in [6.45, 7) is 0. The number of carbonyl (C=O) groups excluding carboxylic acids is 1. The Morgan fingerprint density at radius 1 is 1.12 bits per heavy atom. The number of carbonyl (C=O) groups is 1. The summed E-state index contributed by atoms with van der Waals surface area (Å²) in [6, 6.07) is 13.8. The van der Waals surface area contributed by atoms with Crippen molar-refractivity contribution < 1.29 is 9.53 Å². The molecule has 0 saturated heterocycles. The molecule has 0 spiro atoms. The number of esters is 1. The standard InChI is InChI=1S/C14H10O2/c1-16-14(15)9-7-11-6-8-12-4-2-3-5-13(12)10-11/h2-6,8,10H,1H3. The monoisotopic (exact) mass is 210 g/mol. The van der Waals surface area contributed by atoms with Gasteiger partial charge < -0.3 is 4.74 Å². The van der Waals surface area contributed by atoms with Gasteiger partial charge in [0.15, 0.2) is 0 Å². The zero-order chi connectivity index (χ0) is 11.4. The number of benzene rings is 2.